The van der Waals surface area contributed by atoms with E-state index >= 15 is 0 Å². The van der Waals surface area contributed by atoms with Crippen LogP contribution in [0.4, 0.5) is 10.5 Å². The molecule has 0 radical (unpaired) electrons. The number of fused-ring (bicyclic) bond motifs is 1. The number of carbonyl (C=O) groups excluding carboxylic acids is 3. The summed E-state index contributed by atoms with van der Waals surface area (Å²) in [5.41, 5.74) is 2.53. The number of amides is 3. The molecule has 176 valence electrons. The molecule has 2 aromatic carbocycles. The highest BCUT2D eigenvalue weighted by atomic mass is 16.5. The summed E-state index contributed by atoms with van der Waals surface area (Å²) in [4.78, 5) is 39.0. The van der Waals surface area contributed by atoms with Gasteiger partial charge < -0.3 is 29.7 Å². The van der Waals surface area contributed by atoms with Gasteiger partial charge in [-0.25, -0.2) is 9.59 Å². The van der Waals surface area contributed by atoms with Crippen LogP contribution in [0.15, 0.2) is 36.4 Å². The molecule has 0 spiro atoms. The van der Waals surface area contributed by atoms with E-state index in [0.29, 0.717) is 36.7 Å². The molecule has 1 aliphatic heterocycles. The van der Waals surface area contributed by atoms with Crippen molar-refractivity contribution in [1.29, 1.82) is 0 Å². The smallest absolute Gasteiger partial charge is 0.340 e. The van der Waals surface area contributed by atoms with Crippen LogP contribution in [-0.2, 0) is 22.5 Å². The number of esters is 1. The lowest BCUT2D eigenvalue weighted by Gasteiger charge is -2.29. The first-order valence-corrected chi connectivity index (χ1v) is 10.7. The molecule has 0 bridgehead atoms. The Morgan fingerprint density at radius 2 is 1.70 bits per heavy atom. The number of carbonyl (C=O) groups is 3. The maximum absolute atomic E-state index is 12.7. The lowest BCUT2D eigenvalue weighted by Crippen LogP contribution is -2.38. The number of methoxy groups -OCH3 is 2. The number of rotatable bonds is 7. The highest BCUT2D eigenvalue weighted by Crippen LogP contribution is 2.33. The van der Waals surface area contributed by atoms with Gasteiger partial charge in [0.1, 0.15) is 0 Å². The van der Waals surface area contributed by atoms with Crippen molar-refractivity contribution in [3.05, 3.63) is 53.1 Å². The van der Waals surface area contributed by atoms with Crippen LogP contribution in [0, 0.1) is 0 Å². The quantitative estimate of drug-likeness (QED) is 0.622. The summed E-state index contributed by atoms with van der Waals surface area (Å²) in [6.07, 6.45) is 0.660. The van der Waals surface area contributed by atoms with Crippen molar-refractivity contribution in [3.63, 3.8) is 0 Å². The number of nitrogens with one attached hydrogen (secondary N) is 2. The molecule has 0 aromatic heterocycles. The first kappa shape index (κ1) is 23.9. The minimum Gasteiger partial charge on any atom is -0.493 e. The topological polar surface area (TPSA) is 106 Å². The lowest BCUT2D eigenvalue weighted by atomic mass is 9.99. The van der Waals surface area contributed by atoms with Crippen molar-refractivity contribution >= 4 is 23.6 Å². The van der Waals surface area contributed by atoms with Gasteiger partial charge in [-0.1, -0.05) is 12.1 Å². The maximum Gasteiger partial charge on any atom is 0.340 e. The SMILES string of the molecule is COc1cc2c(cc1OC)CN(C(=O)COC(=O)c1ccccc1NC(=O)NC(C)C)CC2. The number of benzene rings is 2. The maximum atomic E-state index is 12.7. The van der Waals surface area contributed by atoms with Gasteiger partial charge in [-0.05, 0) is 55.7 Å². The lowest BCUT2D eigenvalue weighted by molar-refractivity contribution is -0.135. The normalized spacial score (nSPS) is 12.6. The summed E-state index contributed by atoms with van der Waals surface area (Å²) >= 11 is 0. The number of para-hydroxylation sites is 1. The van der Waals surface area contributed by atoms with Crippen LogP contribution >= 0.6 is 0 Å². The summed E-state index contributed by atoms with van der Waals surface area (Å²) in [6.45, 7) is 4.16. The molecule has 2 N–H and O–H groups in total. The second-order valence-electron chi connectivity index (χ2n) is 7.92. The summed E-state index contributed by atoms with van der Waals surface area (Å²) in [7, 11) is 3.15. The highest BCUT2D eigenvalue weighted by Gasteiger charge is 2.24. The summed E-state index contributed by atoms with van der Waals surface area (Å²) in [6, 6.07) is 9.79. The van der Waals surface area contributed by atoms with E-state index in [-0.39, 0.29) is 17.5 Å². The van der Waals surface area contributed by atoms with E-state index < -0.39 is 18.6 Å². The molecule has 3 rings (SSSR count). The molecule has 0 unspecified atom stereocenters. The zero-order chi connectivity index (χ0) is 24.0. The van der Waals surface area contributed by atoms with Crippen LogP contribution in [0.5, 0.6) is 11.5 Å². The molecule has 3 amide bonds. The average Bonchev–Trinajstić information content (AvgIpc) is 2.80. The van der Waals surface area contributed by atoms with Gasteiger partial charge in [0.25, 0.3) is 5.91 Å². The van der Waals surface area contributed by atoms with E-state index in [1.165, 1.54) is 6.07 Å². The Kier molecular flexibility index (Phi) is 7.76. The third kappa shape index (κ3) is 5.94. The molecule has 0 fully saturated rings. The zero-order valence-electron chi connectivity index (χ0n) is 19.3. The van der Waals surface area contributed by atoms with Gasteiger partial charge in [-0.15, -0.1) is 0 Å². The first-order valence-electron chi connectivity index (χ1n) is 10.7. The largest absolute Gasteiger partial charge is 0.493 e. The Morgan fingerprint density at radius 3 is 2.36 bits per heavy atom. The molecule has 9 heteroatoms. The molecular formula is C24H29N3O6. The van der Waals surface area contributed by atoms with Crippen molar-refractivity contribution in [1.82, 2.24) is 10.2 Å². The molecule has 2 aromatic rings. The van der Waals surface area contributed by atoms with E-state index in [2.05, 4.69) is 10.6 Å². The van der Waals surface area contributed by atoms with Crippen LogP contribution in [-0.4, -0.2) is 56.2 Å². The number of ether oxygens (including phenoxy) is 3. The Bertz CT molecular complexity index is 1040. The number of hydrogen-bond acceptors (Lipinski definition) is 6. The third-order valence-corrected chi connectivity index (χ3v) is 5.21. The van der Waals surface area contributed by atoms with Crippen LogP contribution in [0.3, 0.4) is 0 Å². The van der Waals surface area contributed by atoms with Gasteiger partial charge in [-0.2, -0.15) is 0 Å². The van der Waals surface area contributed by atoms with E-state index in [9.17, 15) is 14.4 Å². The number of urea groups is 1. The molecule has 0 atom stereocenters. The monoisotopic (exact) mass is 455 g/mol. The second kappa shape index (κ2) is 10.7. The second-order valence-corrected chi connectivity index (χ2v) is 7.92. The Balaban J connectivity index is 1.62. The first-order chi connectivity index (χ1) is 15.8. The van der Waals surface area contributed by atoms with Crippen LogP contribution in [0.1, 0.15) is 35.3 Å². The van der Waals surface area contributed by atoms with Crippen molar-refractivity contribution in [2.24, 2.45) is 0 Å². The van der Waals surface area contributed by atoms with Gasteiger partial charge in [0, 0.05) is 19.1 Å². The van der Waals surface area contributed by atoms with Gasteiger partial charge >= 0.3 is 12.0 Å². The standard InChI is InChI=1S/C24H29N3O6/c1-15(2)25-24(30)26-19-8-6-5-7-18(19)23(29)33-14-22(28)27-10-9-16-11-20(31-3)21(32-4)12-17(16)13-27/h5-8,11-12,15H,9-10,13-14H2,1-4H3,(H2,25,26,30). The van der Waals surface area contributed by atoms with Crippen LogP contribution in [0.2, 0.25) is 0 Å². The van der Waals surface area contributed by atoms with E-state index in [0.717, 1.165) is 11.1 Å². The molecule has 33 heavy (non-hydrogen) atoms. The van der Waals surface area contributed by atoms with E-state index in [4.69, 9.17) is 14.2 Å². The number of hydrogen-bond donors (Lipinski definition) is 2. The molecule has 1 heterocycles. The van der Waals surface area contributed by atoms with E-state index in [1.807, 2.05) is 26.0 Å². The average molecular weight is 456 g/mol. The highest BCUT2D eigenvalue weighted by molar-refractivity contribution is 6.01. The van der Waals surface area contributed by atoms with Crippen molar-refractivity contribution in [3.8, 4) is 11.5 Å². The fourth-order valence-electron chi connectivity index (χ4n) is 3.58. The summed E-state index contributed by atoms with van der Waals surface area (Å²) in [5, 5.41) is 5.33. The Labute approximate surface area is 193 Å². The van der Waals surface area contributed by atoms with Crippen molar-refractivity contribution in [2.75, 3.05) is 32.7 Å². The summed E-state index contributed by atoms with van der Waals surface area (Å²) in [5.74, 6) is 0.265. The molecule has 0 aliphatic carbocycles. The van der Waals surface area contributed by atoms with Crippen molar-refractivity contribution < 1.29 is 28.6 Å². The van der Waals surface area contributed by atoms with Crippen LogP contribution < -0.4 is 20.1 Å². The molecule has 1 aliphatic rings. The minimum absolute atomic E-state index is 0.0579. The van der Waals surface area contributed by atoms with Gasteiger partial charge in [0.15, 0.2) is 18.1 Å². The van der Waals surface area contributed by atoms with Gasteiger partial charge in [-0.3, -0.25) is 4.79 Å². The predicted octanol–water partition coefficient (Wildman–Crippen LogP) is 2.98. The fourth-order valence-corrected chi connectivity index (χ4v) is 3.58. The zero-order valence-corrected chi connectivity index (χ0v) is 19.3. The Morgan fingerprint density at radius 1 is 1.03 bits per heavy atom. The third-order valence-electron chi connectivity index (χ3n) is 5.21. The number of nitrogens with zero attached hydrogens (tertiary/aromatic N) is 1. The molecule has 9 nitrogen and oxygen atoms in total. The van der Waals surface area contributed by atoms with Gasteiger partial charge in [0.2, 0.25) is 0 Å². The fraction of sp³-hybridized carbons (Fsp3) is 0.375. The van der Waals surface area contributed by atoms with E-state index in [1.54, 1.807) is 37.3 Å². The molecular weight excluding hydrogens is 426 g/mol. The van der Waals surface area contributed by atoms with Crippen LogP contribution in [0.25, 0.3) is 0 Å². The van der Waals surface area contributed by atoms with Crippen molar-refractivity contribution in [2.45, 2.75) is 32.9 Å². The molecule has 0 saturated carbocycles. The summed E-state index contributed by atoms with van der Waals surface area (Å²) < 4.78 is 16.0. The predicted molar refractivity (Wildman–Crippen MR) is 123 cm³/mol. The minimum atomic E-state index is -0.687. The molecule has 0 saturated heterocycles. The number of anilines is 1. The van der Waals surface area contributed by atoms with Gasteiger partial charge in [0.05, 0.1) is 25.5 Å². The Hall–Kier alpha value is -3.75.